The molecule has 0 spiro atoms. The molecule has 0 aliphatic heterocycles. The van der Waals surface area contributed by atoms with Gasteiger partial charge in [-0.15, -0.1) is 0 Å². The van der Waals surface area contributed by atoms with Crippen molar-refractivity contribution >= 4 is 17.4 Å². The first kappa shape index (κ1) is 9.81. The van der Waals surface area contributed by atoms with Crippen molar-refractivity contribution in [3.8, 4) is 5.75 Å². The van der Waals surface area contributed by atoms with Gasteiger partial charge in [-0.2, -0.15) is 0 Å². The summed E-state index contributed by atoms with van der Waals surface area (Å²) >= 11 is 5.83. The summed E-state index contributed by atoms with van der Waals surface area (Å²) in [5, 5.41) is 0.379. The molecule has 0 aromatic heterocycles. The van der Waals surface area contributed by atoms with E-state index in [1.165, 1.54) is 13.2 Å². The predicted octanol–water partition coefficient (Wildman–Crippen LogP) is 2.72. The molecule has 0 amide bonds. The van der Waals surface area contributed by atoms with Crippen LogP contribution in [0.4, 0.5) is 0 Å². The largest absolute Gasteiger partial charge is 0.496 e. The molecule has 1 aromatic rings. The van der Waals surface area contributed by atoms with Crippen LogP contribution in [0.5, 0.6) is 5.75 Å². The summed E-state index contributed by atoms with van der Waals surface area (Å²) < 4.78 is 5.00. The molecule has 3 heteroatoms. The number of ether oxygens (including phenoxy) is 1. The maximum atomic E-state index is 11.3. The first-order valence-corrected chi connectivity index (χ1v) is 4.07. The summed E-state index contributed by atoms with van der Waals surface area (Å²) in [6, 6.07) is 5.05. The molecule has 0 bridgehead atoms. The zero-order valence-electron chi connectivity index (χ0n) is 7.21. The van der Waals surface area contributed by atoms with Gasteiger partial charge in [0.05, 0.1) is 17.7 Å². The van der Waals surface area contributed by atoms with E-state index in [2.05, 4.69) is 6.58 Å². The van der Waals surface area contributed by atoms with Crippen molar-refractivity contribution in [2.24, 2.45) is 0 Å². The highest BCUT2D eigenvalue weighted by Crippen LogP contribution is 2.26. The summed E-state index contributed by atoms with van der Waals surface area (Å²) in [4.78, 5) is 11.3. The molecule has 0 fully saturated rings. The van der Waals surface area contributed by atoms with Crippen LogP contribution in [0.25, 0.3) is 0 Å². The molecule has 0 radical (unpaired) electrons. The molecule has 0 aliphatic rings. The number of methoxy groups -OCH3 is 1. The van der Waals surface area contributed by atoms with Gasteiger partial charge in [0, 0.05) is 0 Å². The van der Waals surface area contributed by atoms with Crippen molar-refractivity contribution in [3.63, 3.8) is 0 Å². The number of ketones is 1. The van der Waals surface area contributed by atoms with Gasteiger partial charge in [-0.3, -0.25) is 4.79 Å². The number of hydrogen-bond acceptors (Lipinski definition) is 2. The Labute approximate surface area is 81.8 Å². The second-order valence-corrected chi connectivity index (χ2v) is 2.79. The van der Waals surface area contributed by atoms with Crippen LogP contribution in [0, 0.1) is 0 Å². The zero-order chi connectivity index (χ0) is 9.84. The molecule has 0 heterocycles. The summed E-state index contributed by atoms with van der Waals surface area (Å²) in [6.07, 6.45) is 1.21. The Bertz CT molecular complexity index is 345. The Morgan fingerprint density at radius 1 is 1.62 bits per heavy atom. The highest BCUT2D eigenvalue weighted by Gasteiger charge is 2.12. The third-order valence-electron chi connectivity index (χ3n) is 1.63. The SMILES string of the molecule is C=CC(=O)c1c(Cl)cccc1OC. The van der Waals surface area contributed by atoms with E-state index in [0.717, 1.165) is 0 Å². The van der Waals surface area contributed by atoms with Crippen LogP contribution in [-0.4, -0.2) is 12.9 Å². The molecule has 0 aliphatic carbocycles. The van der Waals surface area contributed by atoms with Gasteiger partial charge < -0.3 is 4.74 Å². The molecule has 0 atom stereocenters. The second-order valence-electron chi connectivity index (χ2n) is 2.39. The van der Waals surface area contributed by atoms with Gasteiger partial charge in [-0.25, -0.2) is 0 Å². The molecule has 0 N–H and O–H groups in total. The van der Waals surface area contributed by atoms with Crippen molar-refractivity contribution in [2.75, 3.05) is 7.11 Å². The molecule has 13 heavy (non-hydrogen) atoms. The third kappa shape index (κ3) is 1.90. The van der Waals surface area contributed by atoms with Crippen LogP contribution >= 0.6 is 11.6 Å². The van der Waals surface area contributed by atoms with Crippen LogP contribution in [0.15, 0.2) is 30.9 Å². The van der Waals surface area contributed by atoms with Crippen LogP contribution in [0.2, 0.25) is 5.02 Å². The molecule has 1 rings (SSSR count). The van der Waals surface area contributed by atoms with Gasteiger partial charge in [-0.1, -0.05) is 24.2 Å². The number of hydrogen-bond donors (Lipinski definition) is 0. The third-order valence-corrected chi connectivity index (χ3v) is 1.94. The number of allylic oxidation sites excluding steroid dienone is 1. The Morgan fingerprint density at radius 3 is 2.85 bits per heavy atom. The lowest BCUT2D eigenvalue weighted by Crippen LogP contribution is -1.99. The van der Waals surface area contributed by atoms with Gasteiger partial charge >= 0.3 is 0 Å². The fourth-order valence-corrected chi connectivity index (χ4v) is 1.27. The first-order chi connectivity index (χ1) is 6.20. The van der Waals surface area contributed by atoms with E-state index in [1.54, 1.807) is 18.2 Å². The summed E-state index contributed by atoms with van der Waals surface area (Å²) in [7, 11) is 1.49. The van der Waals surface area contributed by atoms with Crippen LogP contribution in [0.1, 0.15) is 10.4 Å². The standard InChI is InChI=1S/C10H9ClO2/c1-3-8(12)10-7(11)5-4-6-9(10)13-2/h3-6H,1H2,2H3. The fraction of sp³-hybridized carbons (Fsp3) is 0.100. The summed E-state index contributed by atoms with van der Waals surface area (Å²) in [6.45, 7) is 3.39. The van der Waals surface area contributed by atoms with Crippen molar-refractivity contribution in [2.45, 2.75) is 0 Å². The van der Waals surface area contributed by atoms with E-state index in [-0.39, 0.29) is 5.78 Å². The average Bonchev–Trinajstić information content (AvgIpc) is 2.16. The molecule has 2 nitrogen and oxygen atoms in total. The monoisotopic (exact) mass is 196 g/mol. The lowest BCUT2D eigenvalue weighted by Gasteiger charge is -2.06. The van der Waals surface area contributed by atoms with Gasteiger partial charge in [0.2, 0.25) is 0 Å². The van der Waals surface area contributed by atoms with E-state index >= 15 is 0 Å². The Balaban J connectivity index is 3.30. The predicted molar refractivity (Wildman–Crippen MR) is 52.5 cm³/mol. The minimum atomic E-state index is -0.234. The highest BCUT2D eigenvalue weighted by molar-refractivity contribution is 6.35. The second kappa shape index (κ2) is 4.10. The van der Waals surface area contributed by atoms with E-state index in [0.29, 0.717) is 16.3 Å². The smallest absolute Gasteiger partial charge is 0.190 e. The fourth-order valence-electron chi connectivity index (χ4n) is 1.02. The van der Waals surface area contributed by atoms with Crippen molar-refractivity contribution < 1.29 is 9.53 Å². The average molecular weight is 197 g/mol. The zero-order valence-corrected chi connectivity index (χ0v) is 7.97. The highest BCUT2D eigenvalue weighted by atomic mass is 35.5. The van der Waals surface area contributed by atoms with Crippen molar-refractivity contribution in [1.82, 2.24) is 0 Å². The van der Waals surface area contributed by atoms with Crippen molar-refractivity contribution in [1.29, 1.82) is 0 Å². The van der Waals surface area contributed by atoms with Gasteiger partial charge in [-0.05, 0) is 18.2 Å². The molecular weight excluding hydrogens is 188 g/mol. The molecule has 0 saturated carbocycles. The molecule has 0 unspecified atom stereocenters. The minimum absolute atomic E-state index is 0.234. The van der Waals surface area contributed by atoms with E-state index in [9.17, 15) is 4.79 Å². The molecule has 68 valence electrons. The number of rotatable bonds is 3. The summed E-state index contributed by atoms with van der Waals surface area (Å²) in [5.41, 5.74) is 0.363. The number of carbonyl (C=O) groups excluding carboxylic acids is 1. The summed E-state index contributed by atoms with van der Waals surface area (Å²) in [5.74, 6) is 0.236. The lowest BCUT2D eigenvalue weighted by molar-refractivity contribution is 0.104. The quantitative estimate of drug-likeness (QED) is 0.549. The van der Waals surface area contributed by atoms with Crippen molar-refractivity contribution in [3.05, 3.63) is 41.4 Å². The topological polar surface area (TPSA) is 26.3 Å². The molecule has 1 aromatic carbocycles. The Morgan fingerprint density at radius 2 is 2.31 bits per heavy atom. The lowest BCUT2D eigenvalue weighted by atomic mass is 10.1. The maximum absolute atomic E-state index is 11.3. The van der Waals surface area contributed by atoms with Crippen LogP contribution in [0.3, 0.4) is 0 Å². The molecular formula is C10H9ClO2. The molecule has 0 saturated heterocycles. The maximum Gasteiger partial charge on any atom is 0.190 e. The van der Waals surface area contributed by atoms with Gasteiger partial charge in [0.15, 0.2) is 5.78 Å². The van der Waals surface area contributed by atoms with E-state index < -0.39 is 0 Å². The Hall–Kier alpha value is -1.28. The van der Waals surface area contributed by atoms with E-state index in [1.807, 2.05) is 0 Å². The first-order valence-electron chi connectivity index (χ1n) is 3.70. The normalized spacial score (nSPS) is 9.38. The van der Waals surface area contributed by atoms with Crippen LogP contribution in [-0.2, 0) is 0 Å². The Kier molecular flexibility index (Phi) is 3.09. The number of carbonyl (C=O) groups is 1. The van der Waals surface area contributed by atoms with E-state index in [4.69, 9.17) is 16.3 Å². The number of halogens is 1. The number of benzene rings is 1. The minimum Gasteiger partial charge on any atom is -0.496 e. The van der Waals surface area contributed by atoms with Gasteiger partial charge in [0.25, 0.3) is 0 Å². The van der Waals surface area contributed by atoms with Crippen LogP contribution < -0.4 is 4.74 Å². The van der Waals surface area contributed by atoms with Gasteiger partial charge in [0.1, 0.15) is 5.75 Å².